The summed E-state index contributed by atoms with van der Waals surface area (Å²) >= 11 is 6.12. The number of thiazole rings is 2. The van der Waals surface area contributed by atoms with Crippen LogP contribution in [0.15, 0.2) is 52.9 Å². The van der Waals surface area contributed by atoms with Crippen molar-refractivity contribution in [1.29, 1.82) is 0 Å². The number of benzene rings is 1. The minimum absolute atomic E-state index is 0.115. The Kier molecular flexibility index (Phi) is 6.01. The highest BCUT2D eigenvalue weighted by molar-refractivity contribution is 7.99. The Balaban J connectivity index is 1.21. The molecule has 0 unspecified atom stereocenters. The van der Waals surface area contributed by atoms with E-state index in [0.29, 0.717) is 10.2 Å². The SMILES string of the molecule is Cc1ccc2nc(NC(=O)CSc3ccc(-c4sc(-c5cccs5)nc4C)nn3)sc2c1. The van der Waals surface area contributed by atoms with Crippen LogP contribution >= 0.6 is 45.8 Å². The molecule has 10 heteroatoms. The molecule has 0 spiro atoms. The van der Waals surface area contributed by atoms with Crippen molar-refractivity contribution in [3.63, 3.8) is 0 Å². The highest BCUT2D eigenvalue weighted by Crippen LogP contribution is 2.36. The predicted molar refractivity (Wildman–Crippen MR) is 135 cm³/mol. The van der Waals surface area contributed by atoms with E-state index in [1.165, 1.54) is 28.7 Å². The zero-order chi connectivity index (χ0) is 22.1. The van der Waals surface area contributed by atoms with Crippen LogP contribution in [0.5, 0.6) is 0 Å². The molecule has 1 amide bonds. The second-order valence-corrected chi connectivity index (χ2v) is 11.0. The molecule has 0 aliphatic rings. The van der Waals surface area contributed by atoms with Gasteiger partial charge < -0.3 is 5.32 Å². The first kappa shape index (κ1) is 21.2. The third kappa shape index (κ3) is 4.58. The van der Waals surface area contributed by atoms with Crippen LogP contribution in [-0.4, -0.2) is 31.8 Å². The van der Waals surface area contributed by atoms with Gasteiger partial charge in [-0.1, -0.05) is 35.2 Å². The molecule has 0 radical (unpaired) electrons. The smallest absolute Gasteiger partial charge is 0.236 e. The minimum Gasteiger partial charge on any atom is -0.301 e. The van der Waals surface area contributed by atoms with Crippen LogP contribution < -0.4 is 5.32 Å². The molecule has 5 aromatic rings. The Morgan fingerprint density at radius 1 is 1.06 bits per heavy atom. The first-order valence-electron chi connectivity index (χ1n) is 9.70. The Morgan fingerprint density at radius 3 is 2.75 bits per heavy atom. The van der Waals surface area contributed by atoms with Gasteiger partial charge in [-0.2, -0.15) is 0 Å². The molecule has 0 saturated carbocycles. The van der Waals surface area contributed by atoms with Crippen LogP contribution in [0.2, 0.25) is 0 Å². The van der Waals surface area contributed by atoms with E-state index in [1.54, 1.807) is 22.7 Å². The lowest BCUT2D eigenvalue weighted by atomic mass is 10.2. The molecule has 0 aliphatic carbocycles. The summed E-state index contributed by atoms with van der Waals surface area (Å²) in [7, 11) is 0. The van der Waals surface area contributed by atoms with E-state index < -0.39 is 0 Å². The van der Waals surface area contributed by atoms with Crippen molar-refractivity contribution in [1.82, 2.24) is 20.2 Å². The zero-order valence-corrected chi connectivity index (χ0v) is 20.4. The molecule has 0 bridgehead atoms. The summed E-state index contributed by atoms with van der Waals surface area (Å²) in [5.41, 5.74) is 3.80. The normalized spacial score (nSPS) is 11.2. The molecule has 32 heavy (non-hydrogen) atoms. The molecule has 4 aromatic heterocycles. The van der Waals surface area contributed by atoms with Gasteiger partial charge in [0.25, 0.3) is 0 Å². The molecule has 6 nitrogen and oxygen atoms in total. The van der Waals surface area contributed by atoms with Gasteiger partial charge in [-0.25, -0.2) is 9.97 Å². The van der Waals surface area contributed by atoms with Crippen molar-refractivity contribution in [3.8, 4) is 20.5 Å². The lowest BCUT2D eigenvalue weighted by Crippen LogP contribution is -2.13. The maximum Gasteiger partial charge on any atom is 0.236 e. The molecule has 0 saturated heterocycles. The number of hydrogen-bond acceptors (Lipinski definition) is 9. The monoisotopic (exact) mass is 495 g/mol. The molecule has 1 N–H and O–H groups in total. The summed E-state index contributed by atoms with van der Waals surface area (Å²) in [4.78, 5) is 23.7. The van der Waals surface area contributed by atoms with Crippen LogP contribution in [0.25, 0.3) is 30.7 Å². The number of carbonyl (C=O) groups excluding carboxylic acids is 1. The van der Waals surface area contributed by atoms with Crippen molar-refractivity contribution in [2.24, 2.45) is 0 Å². The molecule has 0 aliphatic heterocycles. The molecule has 5 rings (SSSR count). The molecule has 0 atom stereocenters. The minimum atomic E-state index is -0.115. The molecule has 160 valence electrons. The Labute approximate surface area is 200 Å². The van der Waals surface area contributed by atoms with Crippen LogP contribution in [-0.2, 0) is 4.79 Å². The summed E-state index contributed by atoms with van der Waals surface area (Å²) in [6.07, 6.45) is 0. The molecule has 1 aromatic carbocycles. The van der Waals surface area contributed by atoms with E-state index in [4.69, 9.17) is 0 Å². The molecular formula is C22H17N5OS4. The average molecular weight is 496 g/mol. The summed E-state index contributed by atoms with van der Waals surface area (Å²) in [5.74, 6) is 0.126. The third-order valence-electron chi connectivity index (χ3n) is 4.54. The van der Waals surface area contributed by atoms with E-state index in [0.717, 1.165) is 36.4 Å². The van der Waals surface area contributed by atoms with E-state index in [1.807, 2.05) is 49.6 Å². The van der Waals surface area contributed by atoms with Gasteiger partial charge in [-0.15, -0.1) is 32.9 Å². The number of fused-ring (bicyclic) bond motifs is 1. The Hall–Kier alpha value is -2.66. The number of nitrogens with zero attached hydrogens (tertiary/aromatic N) is 4. The number of carbonyl (C=O) groups is 1. The molecule has 0 fully saturated rings. The standard InChI is InChI=1S/C22H17N5OS4/c1-12-5-6-14-17(10-12)31-22(24-14)25-18(28)11-30-19-8-7-15(26-27-19)20-13(2)23-21(32-20)16-4-3-9-29-16/h3-10H,11H2,1-2H3,(H,24,25,28). The molecule has 4 heterocycles. The number of thiophene rings is 1. The van der Waals surface area contributed by atoms with Gasteiger partial charge in [-0.05, 0) is 55.1 Å². The summed E-state index contributed by atoms with van der Waals surface area (Å²) < 4.78 is 1.06. The summed E-state index contributed by atoms with van der Waals surface area (Å²) in [6, 6.07) is 14.0. The number of aryl methyl sites for hydroxylation is 2. The van der Waals surface area contributed by atoms with Gasteiger partial charge in [0.2, 0.25) is 5.91 Å². The first-order valence-corrected chi connectivity index (χ1v) is 13.2. The summed E-state index contributed by atoms with van der Waals surface area (Å²) in [6.45, 7) is 4.03. The Bertz CT molecular complexity index is 1390. The number of hydrogen-bond donors (Lipinski definition) is 1. The van der Waals surface area contributed by atoms with E-state index in [2.05, 4.69) is 37.6 Å². The number of anilines is 1. The number of amides is 1. The van der Waals surface area contributed by atoms with Gasteiger partial charge >= 0.3 is 0 Å². The number of nitrogens with one attached hydrogen (secondary N) is 1. The van der Waals surface area contributed by atoms with Crippen molar-refractivity contribution in [2.75, 3.05) is 11.1 Å². The van der Waals surface area contributed by atoms with Gasteiger partial charge in [-0.3, -0.25) is 4.79 Å². The lowest BCUT2D eigenvalue weighted by Gasteiger charge is -2.02. The van der Waals surface area contributed by atoms with E-state index >= 15 is 0 Å². The van der Waals surface area contributed by atoms with Crippen molar-refractivity contribution in [3.05, 3.63) is 59.1 Å². The Morgan fingerprint density at radius 2 is 1.97 bits per heavy atom. The fraction of sp³-hybridized carbons (Fsp3) is 0.136. The predicted octanol–water partition coefficient (Wildman–Crippen LogP) is 6.29. The topological polar surface area (TPSA) is 80.7 Å². The highest BCUT2D eigenvalue weighted by atomic mass is 32.2. The van der Waals surface area contributed by atoms with Gasteiger partial charge in [0, 0.05) is 0 Å². The summed E-state index contributed by atoms with van der Waals surface area (Å²) in [5, 5.41) is 15.9. The highest BCUT2D eigenvalue weighted by Gasteiger charge is 2.14. The van der Waals surface area contributed by atoms with Crippen LogP contribution in [0, 0.1) is 13.8 Å². The molecular weight excluding hydrogens is 479 g/mol. The maximum absolute atomic E-state index is 12.4. The fourth-order valence-corrected chi connectivity index (χ4v) is 6.46. The van der Waals surface area contributed by atoms with E-state index in [-0.39, 0.29) is 11.7 Å². The van der Waals surface area contributed by atoms with Gasteiger partial charge in [0.05, 0.1) is 31.4 Å². The van der Waals surface area contributed by atoms with Crippen molar-refractivity contribution < 1.29 is 4.79 Å². The fourth-order valence-electron chi connectivity index (χ4n) is 3.04. The lowest BCUT2D eigenvalue weighted by molar-refractivity contribution is -0.113. The average Bonchev–Trinajstić information content (AvgIpc) is 3.52. The first-order chi connectivity index (χ1) is 15.5. The van der Waals surface area contributed by atoms with Gasteiger partial charge in [0.15, 0.2) is 5.13 Å². The second kappa shape index (κ2) is 9.07. The quantitative estimate of drug-likeness (QED) is 0.279. The zero-order valence-electron chi connectivity index (χ0n) is 17.2. The van der Waals surface area contributed by atoms with Crippen LogP contribution in [0.3, 0.4) is 0 Å². The van der Waals surface area contributed by atoms with Crippen LogP contribution in [0.4, 0.5) is 5.13 Å². The number of rotatable bonds is 6. The number of aromatic nitrogens is 4. The van der Waals surface area contributed by atoms with E-state index in [9.17, 15) is 4.79 Å². The third-order valence-corrected chi connectivity index (χ3v) is 8.62. The van der Waals surface area contributed by atoms with Crippen molar-refractivity contribution in [2.45, 2.75) is 18.9 Å². The second-order valence-electron chi connectivity index (χ2n) is 6.99. The maximum atomic E-state index is 12.4. The van der Waals surface area contributed by atoms with Crippen molar-refractivity contribution >= 4 is 67.0 Å². The number of thioether (sulfide) groups is 1. The van der Waals surface area contributed by atoms with Gasteiger partial charge in [0.1, 0.15) is 15.7 Å². The largest absolute Gasteiger partial charge is 0.301 e. The van der Waals surface area contributed by atoms with Crippen LogP contribution in [0.1, 0.15) is 11.3 Å².